The highest BCUT2D eigenvalue weighted by atomic mass is 32.2. The highest BCUT2D eigenvalue weighted by Gasteiger charge is 2.12. The Morgan fingerprint density at radius 2 is 2.25 bits per heavy atom. The molecule has 1 aromatic rings. The van der Waals surface area contributed by atoms with E-state index in [0.29, 0.717) is 16.8 Å². The Morgan fingerprint density at radius 1 is 1.62 bits per heavy atom. The van der Waals surface area contributed by atoms with E-state index in [1.165, 1.54) is 12.3 Å². The van der Waals surface area contributed by atoms with Crippen LogP contribution in [0.3, 0.4) is 0 Å². The van der Waals surface area contributed by atoms with E-state index in [0.717, 1.165) is 6.26 Å². The molecular weight excluding hydrogens is 230 g/mol. The van der Waals surface area contributed by atoms with Gasteiger partial charge in [0.05, 0.1) is 18.6 Å². The minimum absolute atomic E-state index is 0.0685. The molecule has 0 aromatic carbocycles. The summed E-state index contributed by atoms with van der Waals surface area (Å²) in [7, 11) is -3.54. The SMILES string of the molecule is C=Cc1cnc(C)c(O)c1COS(C)(=O)=O. The lowest BCUT2D eigenvalue weighted by atomic mass is 10.1. The van der Waals surface area contributed by atoms with Crippen LogP contribution in [0, 0.1) is 6.92 Å². The summed E-state index contributed by atoms with van der Waals surface area (Å²) in [6.07, 6.45) is 3.93. The van der Waals surface area contributed by atoms with Crippen LogP contribution >= 0.6 is 0 Å². The molecular formula is C10H13NO4S. The molecule has 0 aliphatic carbocycles. The van der Waals surface area contributed by atoms with E-state index in [-0.39, 0.29) is 12.4 Å². The first kappa shape index (κ1) is 12.7. The van der Waals surface area contributed by atoms with Gasteiger partial charge in [0.25, 0.3) is 10.1 Å². The van der Waals surface area contributed by atoms with Crippen molar-refractivity contribution in [2.75, 3.05) is 6.26 Å². The van der Waals surface area contributed by atoms with Gasteiger partial charge in [-0.25, -0.2) is 0 Å². The van der Waals surface area contributed by atoms with Gasteiger partial charge in [-0.1, -0.05) is 12.7 Å². The third kappa shape index (κ3) is 3.04. The molecule has 0 radical (unpaired) electrons. The fraction of sp³-hybridized carbons (Fsp3) is 0.300. The van der Waals surface area contributed by atoms with Crippen LogP contribution in [0.4, 0.5) is 0 Å². The monoisotopic (exact) mass is 243 g/mol. The molecule has 16 heavy (non-hydrogen) atoms. The van der Waals surface area contributed by atoms with Crippen LogP contribution in [0.5, 0.6) is 5.75 Å². The maximum Gasteiger partial charge on any atom is 0.264 e. The molecule has 0 aliphatic heterocycles. The molecule has 5 nitrogen and oxygen atoms in total. The maximum atomic E-state index is 10.9. The fourth-order valence-corrected chi connectivity index (χ4v) is 1.49. The van der Waals surface area contributed by atoms with Crippen molar-refractivity contribution in [1.82, 2.24) is 4.98 Å². The predicted octanol–water partition coefficient (Wildman–Crippen LogP) is 1.21. The van der Waals surface area contributed by atoms with Crippen LogP contribution in [-0.2, 0) is 20.9 Å². The zero-order chi connectivity index (χ0) is 12.3. The third-order valence-corrected chi connectivity index (χ3v) is 2.56. The van der Waals surface area contributed by atoms with Crippen LogP contribution in [0.15, 0.2) is 12.8 Å². The van der Waals surface area contributed by atoms with Crippen LogP contribution in [-0.4, -0.2) is 24.8 Å². The molecule has 0 unspecified atom stereocenters. The highest BCUT2D eigenvalue weighted by Crippen LogP contribution is 2.25. The average Bonchev–Trinajstić information content (AvgIpc) is 2.19. The molecule has 0 saturated heterocycles. The van der Waals surface area contributed by atoms with Gasteiger partial charge in [-0.3, -0.25) is 9.17 Å². The first-order chi connectivity index (χ1) is 7.35. The van der Waals surface area contributed by atoms with Gasteiger partial charge in [-0.15, -0.1) is 0 Å². The van der Waals surface area contributed by atoms with Gasteiger partial charge in [0.2, 0.25) is 0 Å². The second-order valence-electron chi connectivity index (χ2n) is 3.30. The Hall–Kier alpha value is -1.40. The number of nitrogens with zero attached hydrogens (tertiary/aromatic N) is 1. The zero-order valence-corrected chi connectivity index (χ0v) is 9.91. The van der Waals surface area contributed by atoms with E-state index in [2.05, 4.69) is 15.7 Å². The molecule has 0 spiro atoms. The molecule has 1 rings (SSSR count). The summed E-state index contributed by atoms with van der Waals surface area (Å²) in [5, 5.41) is 9.72. The number of aromatic hydroxyl groups is 1. The van der Waals surface area contributed by atoms with Crippen LogP contribution in [0.1, 0.15) is 16.8 Å². The molecule has 1 aromatic heterocycles. The molecule has 0 saturated carbocycles. The Bertz CT molecular complexity index is 508. The first-order valence-corrected chi connectivity index (χ1v) is 6.31. The number of rotatable bonds is 4. The summed E-state index contributed by atoms with van der Waals surface area (Å²) in [4.78, 5) is 3.93. The summed E-state index contributed by atoms with van der Waals surface area (Å²) in [5.41, 5.74) is 1.33. The van der Waals surface area contributed by atoms with Crippen molar-refractivity contribution in [3.63, 3.8) is 0 Å². The van der Waals surface area contributed by atoms with Crippen molar-refractivity contribution in [2.24, 2.45) is 0 Å². The Kier molecular flexibility index (Phi) is 3.66. The lowest BCUT2D eigenvalue weighted by molar-refractivity contribution is 0.304. The Labute approximate surface area is 94.5 Å². The van der Waals surface area contributed by atoms with E-state index in [4.69, 9.17) is 0 Å². The summed E-state index contributed by atoms with van der Waals surface area (Å²) in [5.74, 6) is -0.0685. The van der Waals surface area contributed by atoms with Gasteiger partial charge >= 0.3 is 0 Å². The van der Waals surface area contributed by atoms with Crippen molar-refractivity contribution in [3.05, 3.63) is 29.6 Å². The summed E-state index contributed by atoms with van der Waals surface area (Å²) < 4.78 is 26.3. The quantitative estimate of drug-likeness (QED) is 0.804. The van der Waals surface area contributed by atoms with Crippen LogP contribution in [0.2, 0.25) is 0 Å². The molecule has 88 valence electrons. The molecule has 0 atom stereocenters. The van der Waals surface area contributed by atoms with Crippen molar-refractivity contribution in [1.29, 1.82) is 0 Å². The number of aryl methyl sites for hydroxylation is 1. The van der Waals surface area contributed by atoms with Crippen molar-refractivity contribution < 1.29 is 17.7 Å². The average molecular weight is 243 g/mol. The van der Waals surface area contributed by atoms with Gasteiger partial charge in [-0.2, -0.15) is 8.42 Å². The van der Waals surface area contributed by atoms with Gasteiger partial charge < -0.3 is 5.11 Å². The second kappa shape index (κ2) is 4.63. The lowest BCUT2D eigenvalue weighted by Crippen LogP contribution is -2.05. The number of hydrogen-bond donors (Lipinski definition) is 1. The molecule has 0 bridgehead atoms. The Balaban J connectivity index is 3.10. The van der Waals surface area contributed by atoms with Crippen molar-refractivity contribution in [3.8, 4) is 5.75 Å². The minimum Gasteiger partial charge on any atom is -0.506 e. The summed E-state index contributed by atoms with van der Waals surface area (Å²) in [6.45, 7) is 4.94. The smallest absolute Gasteiger partial charge is 0.264 e. The largest absolute Gasteiger partial charge is 0.506 e. The van der Waals surface area contributed by atoms with E-state index in [1.807, 2.05) is 0 Å². The highest BCUT2D eigenvalue weighted by molar-refractivity contribution is 7.85. The normalized spacial score (nSPS) is 11.4. The van der Waals surface area contributed by atoms with Crippen LogP contribution in [0.25, 0.3) is 6.08 Å². The standard InChI is InChI=1S/C10H13NO4S/c1-4-8-5-11-7(2)10(12)9(8)6-15-16(3,13)14/h4-5,12H,1,6H2,2-3H3. The Morgan fingerprint density at radius 3 is 2.75 bits per heavy atom. The minimum atomic E-state index is -3.54. The van der Waals surface area contributed by atoms with Crippen molar-refractivity contribution in [2.45, 2.75) is 13.5 Å². The number of hydrogen-bond acceptors (Lipinski definition) is 5. The summed E-state index contributed by atoms with van der Waals surface area (Å²) in [6, 6.07) is 0. The topological polar surface area (TPSA) is 76.5 Å². The number of aromatic nitrogens is 1. The second-order valence-corrected chi connectivity index (χ2v) is 4.94. The zero-order valence-electron chi connectivity index (χ0n) is 9.10. The molecule has 0 amide bonds. The molecule has 6 heteroatoms. The van der Waals surface area contributed by atoms with Gasteiger partial charge in [0.15, 0.2) is 0 Å². The van der Waals surface area contributed by atoms with E-state index < -0.39 is 10.1 Å². The summed E-state index contributed by atoms with van der Waals surface area (Å²) >= 11 is 0. The predicted molar refractivity (Wildman–Crippen MR) is 60.4 cm³/mol. The van der Waals surface area contributed by atoms with Gasteiger partial charge in [-0.05, 0) is 6.92 Å². The van der Waals surface area contributed by atoms with E-state index >= 15 is 0 Å². The van der Waals surface area contributed by atoms with E-state index in [9.17, 15) is 13.5 Å². The molecule has 1 heterocycles. The fourth-order valence-electron chi connectivity index (χ4n) is 1.15. The third-order valence-electron chi connectivity index (χ3n) is 2.01. The van der Waals surface area contributed by atoms with Gasteiger partial charge in [0.1, 0.15) is 5.75 Å². The van der Waals surface area contributed by atoms with Crippen molar-refractivity contribution >= 4 is 16.2 Å². The van der Waals surface area contributed by atoms with E-state index in [1.54, 1.807) is 6.92 Å². The molecule has 1 N–H and O–H groups in total. The first-order valence-electron chi connectivity index (χ1n) is 4.49. The maximum absolute atomic E-state index is 10.9. The van der Waals surface area contributed by atoms with Gasteiger partial charge in [0, 0.05) is 17.3 Å². The number of pyridine rings is 1. The molecule has 0 fully saturated rings. The molecule has 0 aliphatic rings. The van der Waals surface area contributed by atoms with Crippen LogP contribution < -0.4 is 0 Å². The lowest BCUT2D eigenvalue weighted by Gasteiger charge is -2.09.